The molecule has 0 radical (unpaired) electrons. The number of carbonyl (C=O) groups excluding carboxylic acids is 2. The van der Waals surface area contributed by atoms with Gasteiger partial charge >= 0.3 is 5.97 Å². The molecular weight excluding hydrogens is 318 g/mol. The van der Waals surface area contributed by atoms with E-state index in [1.54, 1.807) is 19.2 Å². The first-order chi connectivity index (χ1) is 12.0. The van der Waals surface area contributed by atoms with Gasteiger partial charge in [-0.05, 0) is 44.4 Å². The fraction of sp³-hybridized carbons (Fsp3) is 0.421. The predicted octanol–water partition coefficient (Wildman–Crippen LogP) is 2.62. The van der Waals surface area contributed by atoms with Crippen LogP contribution in [0.25, 0.3) is 0 Å². The molecule has 1 amide bonds. The Bertz CT molecular complexity index is 698. The number of anilines is 1. The third-order valence-corrected chi connectivity index (χ3v) is 4.10. The molecule has 1 saturated heterocycles. The van der Waals surface area contributed by atoms with Crippen molar-refractivity contribution in [3.8, 4) is 6.07 Å². The van der Waals surface area contributed by atoms with Crippen LogP contribution in [0.4, 0.5) is 5.69 Å². The third-order valence-electron chi connectivity index (χ3n) is 4.10. The maximum atomic E-state index is 12.3. The fourth-order valence-corrected chi connectivity index (χ4v) is 2.77. The van der Waals surface area contributed by atoms with Crippen LogP contribution in [0, 0.1) is 24.2 Å². The summed E-state index contributed by atoms with van der Waals surface area (Å²) in [5, 5.41) is 12.0. The average molecular weight is 341 g/mol. The molecule has 6 nitrogen and oxygen atoms in total. The number of piperidine rings is 1. The molecule has 0 aliphatic carbocycles. The number of aryl methyl sites for hydroxylation is 1. The zero-order valence-corrected chi connectivity index (χ0v) is 14.6. The minimum Gasteiger partial charge on any atom is -0.466 e. The molecular formula is C19H23N3O3. The minimum atomic E-state index is -0.430. The predicted molar refractivity (Wildman–Crippen MR) is 94.4 cm³/mol. The molecule has 1 fully saturated rings. The summed E-state index contributed by atoms with van der Waals surface area (Å²) in [5.41, 5.74) is 1.74. The van der Waals surface area contributed by atoms with Crippen LogP contribution in [-0.2, 0) is 14.3 Å². The average Bonchev–Trinajstić information content (AvgIpc) is 2.60. The maximum absolute atomic E-state index is 12.3. The van der Waals surface area contributed by atoms with E-state index in [1.165, 1.54) is 0 Å². The van der Waals surface area contributed by atoms with E-state index in [0.29, 0.717) is 38.2 Å². The lowest BCUT2D eigenvalue weighted by Crippen LogP contribution is -2.34. The molecule has 1 aromatic carbocycles. The van der Waals surface area contributed by atoms with Crippen molar-refractivity contribution in [2.45, 2.75) is 26.7 Å². The molecule has 0 bridgehead atoms. The Morgan fingerprint density at radius 3 is 2.72 bits per heavy atom. The largest absolute Gasteiger partial charge is 0.466 e. The van der Waals surface area contributed by atoms with Gasteiger partial charge in [-0.2, -0.15) is 5.26 Å². The number of hydrogen-bond acceptors (Lipinski definition) is 5. The molecule has 0 aromatic heterocycles. The Morgan fingerprint density at radius 2 is 2.12 bits per heavy atom. The van der Waals surface area contributed by atoms with Crippen molar-refractivity contribution in [1.29, 1.82) is 5.26 Å². The lowest BCUT2D eigenvalue weighted by molar-refractivity contribution is -0.149. The summed E-state index contributed by atoms with van der Waals surface area (Å²) in [6.07, 6.45) is 2.90. The molecule has 132 valence electrons. The van der Waals surface area contributed by atoms with Gasteiger partial charge in [0.25, 0.3) is 5.91 Å². The van der Waals surface area contributed by atoms with Gasteiger partial charge in [0.2, 0.25) is 0 Å². The lowest BCUT2D eigenvalue weighted by atomic mass is 9.97. The zero-order chi connectivity index (χ0) is 18.2. The molecule has 1 aromatic rings. The SMILES string of the molecule is CCOC(=O)C1CCN(/C=C(/C#N)C(=O)Nc2cccc(C)c2)CC1. The highest BCUT2D eigenvalue weighted by Gasteiger charge is 2.25. The number of benzene rings is 1. The molecule has 1 heterocycles. The second-order valence-corrected chi connectivity index (χ2v) is 6.04. The van der Waals surface area contributed by atoms with E-state index in [0.717, 1.165) is 5.56 Å². The fourth-order valence-electron chi connectivity index (χ4n) is 2.77. The summed E-state index contributed by atoms with van der Waals surface area (Å²) in [6, 6.07) is 9.36. The third kappa shape index (κ3) is 5.35. The van der Waals surface area contributed by atoms with Crippen LogP contribution < -0.4 is 5.32 Å². The molecule has 1 N–H and O–H groups in total. The van der Waals surface area contributed by atoms with Crippen LogP contribution >= 0.6 is 0 Å². The van der Waals surface area contributed by atoms with Gasteiger partial charge in [0, 0.05) is 25.0 Å². The topological polar surface area (TPSA) is 82.4 Å². The summed E-state index contributed by atoms with van der Waals surface area (Å²) in [5.74, 6) is -0.694. The first kappa shape index (κ1) is 18.5. The Labute approximate surface area is 148 Å². The van der Waals surface area contributed by atoms with Gasteiger partial charge in [-0.25, -0.2) is 0 Å². The van der Waals surface area contributed by atoms with Gasteiger partial charge < -0.3 is 15.0 Å². The van der Waals surface area contributed by atoms with E-state index in [1.807, 2.05) is 36.1 Å². The number of esters is 1. The van der Waals surface area contributed by atoms with Crippen LogP contribution in [0.1, 0.15) is 25.3 Å². The summed E-state index contributed by atoms with van der Waals surface area (Å²) >= 11 is 0. The van der Waals surface area contributed by atoms with E-state index in [2.05, 4.69) is 5.32 Å². The van der Waals surface area contributed by atoms with Crippen LogP contribution in [0.3, 0.4) is 0 Å². The van der Waals surface area contributed by atoms with Gasteiger partial charge in [-0.1, -0.05) is 12.1 Å². The van der Waals surface area contributed by atoms with E-state index >= 15 is 0 Å². The molecule has 0 atom stereocenters. The highest BCUT2D eigenvalue weighted by Crippen LogP contribution is 2.20. The lowest BCUT2D eigenvalue weighted by Gasteiger charge is -2.30. The van der Waals surface area contributed by atoms with Gasteiger partial charge in [0.05, 0.1) is 12.5 Å². The Morgan fingerprint density at radius 1 is 1.40 bits per heavy atom. The van der Waals surface area contributed by atoms with Crippen molar-refractivity contribution in [3.63, 3.8) is 0 Å². The highest BCUT2D eigenvalue weighted by atomic mass is 16.5. The number of hydrogen-bond donors (Lipinski definition) is 1. The summed E-state index contributed by atoms with van der Waals surface area (Å²) in [7, 11) is 0. The van der Waals surface area contributed by atoms with Crippen LogP contribution in [-0.4, -0.2) is 36.5 Å². The van der Waals surface area contributed by atoms with Gasteiger partial charge in [0.1, 0.15) is 11.6 Å². The summed E-state index contributed by atoms with van der Waals surface area (Å²) in [4.78, 5) is 25.9. The summed E-state index contributed by atoms with van der Waals surface area (Å²) < 4.78 is 5.04. The van der Waals surface area contributed by atoms with E-state index in [-0.39, 0.29) is 17.5 Å². The monoisotopic (exact) mass is 341 g/mol. The molecule has 6 heteroatoms. The zero-order valence-electron chi connectivity index (χ0n) is 14.6. The Balaban J connectivity index is 1.95. The quantitative estimate of drug-likeness (QED) is 0.506. The van der Waals surface area contributed by atoms with Crippen molar-refractivity contribution in [1.82, 2.24) is 4.90 Å². The number of nitrogens with zero attached hydrogens (tertiary/aromatic N) is 2. The van der Waals surface area contributed by atoms with Gasteiger partial charge in [-0.15, -0.1) is 0 Å². The molecule has 1 aliphatic heterocycles. The first-order valence-electron chi connectivity index (χ1n) is 8.44. The highest BCUT2D eigenvalue weighted by molar-refractivity contribution is 6.06. The number of nitriles is 1. The number of rotatable bonds is 5. The second-order valence-electron chi connectivity index (χ2n) is 6.04. The van der Waals surface area contributed by atoms with Crippen molar-refractivity contribution >= 4 is 17.6 Å². The normalized spacial score (nSPS) is 15.4. The van der Waals surface area contributed by atoms with Crippen molar-refractivity contribution in [2.24, 2.45) is 5.92 Å². The molecule has 0 spiro atoms. The van der Waals surface area contributed by atoms with Crippen LogP contribution in [0.15, 0.2) is 36.0 Å². The van der Waals surface area contributed by atoms with Gasteiger partial charge in [-0.3, -0.25) is 9.59 Å². The minimum absolute atomic E-state index is 0.0519. The van der Waals surface area contributed by atoms with E-state index in [4.69, 9.17) is 4.74 Å². The van der Waals surface area contributed by atoms with E-state index in [9.17, 15) is 14.9 Å². The standard InChI is InChI=1S/C19H23N3O3/c1-3-25-19(24)15-7-9-22(10-8-15)13-16(12-20)18(23)21-17-6-4-5-14(2)11-17/h4-6,11,13,15H,3,7-10H2,1-2H3,(H,21,23)/b16-13-. The Kier molecular flexibility index (Phi) is 6.58. The number of amides is 1. The molecule has 0 unspecified atom stereocenters. The molecule has 2 rings (SSSR count). The Hall–Kier alpha value is -2.81. The van der Waals surface area contributed by atoms with Crippen molar-refractivity contribution in [2.75, 3.05) is 25.0 Å². The summed E-state index contributed by atoms with van der Waals surface area (Å²) in [6.45, 7) is 5.35. The number of carbonyl (C=O) groups is 2. The van der Waals surface area contributed by atoms with E-state index < -0.39 is 5.91 Å². The molecule has 25 heavy (non-hydrogen) atoms. The van der Waals surface area contributed by atoms with Crippen LogP contribution in [0.2, 0.25) is 0 Å². The number of likely N-dealkylation sites (tertiary alicyclic amines) is 1. The smallest absolute Gasteiger partial charge is 0.309 e. The second kappa shape index (κ2) is 8.88. The maximum Gasteiger partial charge on any atom is 0.309 e. The van der Waals surface area contributed by atoms with Crippen LogP contribution in [0.5, 0.6) is 0 Å². The number of ether oxygens (including phenoxy) is 1. The first-order valence-corrected chi connectivity index (χ1v) is 8.44. The molecule has 0 saturated carbocycles. The van der Waals surface area contributed by atoms with Crippen molar-refractivity contribution in [3.05, 3.63) is 41.6 Å². The molecule has 1 aliphatic rings. The van der Waals surface area contributed by atoms with Gasteiger partial charge in [0.15, 0.2) is 0 Å². The van der Waals surface area contributed by atoms with Crippen molar-refractivity contribution < 1.29 is 14.3 Å². The number of nitrogens with one attached hydrogen (secondary N) is 1.